The highest BCUT2D eigenvalue weighted by atomic mass is 32.2. The third kappa shape index (κ3) is 2.86. The number of H-pyrrole nitrogens is 1. The van der Waals surface area contributed by atoms with Gasteiger partial charge in [-0.25, -0.2) is 12.8 Å². The van der Waals surface area contributed by atoms with E-state index in [4.69, 9.17) is 0 Å². The minimum atomic E-state index is -3.15. The van der Waals surface area contributed by atoms with Crippen LogP contribution >= 0.6 is 0 Å². The lowest BCUT2D eigenvalue weighted by atomic mass is 10.1. The molecule has 1 saturated heterocycles. The summed E-state index contributed by atoms with van der Waals surface area (Å²) in [5, 5.41) is 0.456. The van der Waals surface area contributed by atoms with Crippen molar-refractivity contribution in [3.05, 3.63) is 35.8 Å². The van der Waals surface area contributed by atoms with Crippen molar-refractivity contribution in [2.75, 3.05) is 18.6 Å². The van der Waals surface area contributed by atoms with Crippen molar-refractivity contribution in [2.24, 2.45) is 0 Å². The van der Waals surface area contributed by atoms with Crippen LogP contribution in [-0.2, 0) is 14.6 Å². The van der Waals surface area contributed by atoms with Crippen LogP contribution in [0.5, 0.6) is 0 Å². The van der Waals surface area contributed by atoms with E-state index < -0.39 is 33.4 Å². The summed E-state index contributed by atoms with van der Waals surface area (Å²) in [6, 6.07) is 3.40. The highest BCUT2D eigenvalue weighted by Gasteiger charge is 2.35. The molecule has 0 bridgehead atoms. The van der Waals surface area contributed by atoms with Gasteiger partial charge < -0.3 is 9.88 Å². The summed E-state index contributed by atoms with van der Waals surface area (Å²) in [5.41, 5.74) is 0.574. The van der Waals surface area contributed by atoms with E-state index in [-0.39, 0.29) is 17.1 Å². The second-order valence-corrected chi connectivity index (χ2v) is 7.92. The van der Waals surface area contributed by atoms with Gasteiger partial charge in [0.25, 0.3) is 11.7 Å². The smallest absolute Gasteiger partial charge is 0.295 e. The molecule has 2 heterocycles. The Hall–Kier alpha value is -2.22. The van der Waals surface area contributed by atoms with Crippen LogP contribution in [0.3, 0.4) is 0 Å². The lowest BCUT2D eigenvalue weighted by molar-refractivity contribution is -0.126. The Morgan fingerprint density at radius 1 is 1.35 bits per heavy atom. The van der Waals surface area contributed by atoms with Gasteiger partial charge in [0.1, 0.15) is 5.82 Å². The summed E-state index contributed by atoms with van der Waals surface area (Å²) in [6.45, 7) is 0. The fraction of sp³-hybridized carbons (Fsp3) is 0.333. The Bertz CT molecular complexity index is 903. The van der Waals surface area contributed by atoms with Crippen LogP contribution in [0.15, 0.2) is 24.4 Å². The summed E-state index contributed by atoms with van der Waals surface area (Å²) in [5.74, 6) is -2.05. The van der Waals surface area contributed by atoms with Crippen molar-refractivity contribution in [1.82, 2.24) is 9.88 Å². The number of sulfone groups is 1. The zero-order chi connectivity index (χ0) is 16.8. The van der Waals surface area contributed by atoms with E-state index in [2.05, 4.69) is 4.98 Å². The predicted molar refractivity (Wildman–Crippen MR) is 82.4 cm³/mol. The molecule has 1 aliphatic rings. The van der Waals surface area contributed by atoms with Crippen LogP contribution in [0, 0.1) is 5.82 Å². The fourth-order valence-corrected chi connectivity index (χ4v) is 4.58. The molecule has 1 N–H and O–H groups in total. The third-order valence-electron chi connectivity index (χ3n) is 4.16. The number of amides is 1. The minimum Gasteiger partial charge on any atom is -0.360 e. The minimum absolute atomic E-state index is 0.0237. The van der Waals surface area contributed by atoms with Gasteiger partial charge in [0, 0.05) is 30.2 Å². The van der Waals surface area contributed by atoms with Crippen molar-refractivity contribution in [2.45, 2.75) is 12.5 Å². The van der Waals surface area contributed by atoms with Gasteiger partial charge in [-0.15, -0.1) is 0 Å². The Morgan fingerprint density at radius 2 is 2.09 bits per heavy atom. The number of aromatic amines is 1. The number of nitrogens with zero attached hydrogens (tertiary/aromatic N) is 1. The number of nitrogens with one attached hydrogen (secondary N) is 1. The molecule has 0 saturated carbocycles. The topological polar surface area (TPSA) is 87.3 Å². The number of rotatable bonds is 3. The monoisotopic (exact) mass is 338 g/mol. The number of aromatic nitrogens is 1. The van der Waals surface area contributed by atoms with Crippen LogP contribution in [-0.4, -0.2) is 54.6 Å². The molecule has 1 atom stereocenters. The number of likely N-dealkylation sites (N-methyl/N-ethyl adjacent to an activating group) is 1. The molecule has 0 aliphatic carbocycles. The molecule has 8 heteroatoms. The largest absolute Gasteiger partial charge is 0.360 e. The summed E-state index contributed by atoms with van der Waals surface area (Å²) in [6.07, 6.45) is 1.69. The van der Waals surface area contributed by atoms with Gasteiger partial charge in [0.2, 0.25) is 0 Å². The number of hydrogen-bond donors (Lipinski definition) is 1. The van der Waals surface area contributed by atoms with Gasteiger partial charge in [-0.05, 0) is 24.6 Å². The maximum Gasteiger partial charge on any atom is 0.295 e. The molecule has 6 nitrogen and oxygen atoms in total. The molecule has 1 amide bonds. The SMILES string of the molecule is CN(C(=O)C(=O)c1c[nH]c2cc(F)ccc12)C1CCS(=O)(=O)C1. The highest BCUT2D eigenvalue weighted by molar-refractivity contribution is 7.91. The molecule has 1 unspecified atom stereocenters. The number of fused-ring (bicyclic) bond motifs is 1. The molecule has 23 heavy (non-hydrogen) atoms. The zero-order valence-electron chi connectivity index (χ0n) is 12.4. The number of benzene rings is 1. The quantitative estimate of drug-likeness (QED) is 0.671. The van der Waals surface area contributed by atoms with Gasteiger partial charge in [-0.1, -0.05) is 0 Å². The number of carbonyl (C=O) groups excluding carboxylic acids is 2. The van der Waals surface area contributed by atoms with E-state index in [0.717, 1.165) is 0 Å². The van der Waals surface area contributed by atoms with E-state index in [9.17, 15) is 22.4 Å². The van der Waals surface area contributed by atoms with Gasteiger partial charge in [0.15, 0.2) is 9.84 Å². The molecule has 1 aliphatic heterocycles. The first kappa shape index (κ1) is 15.7. The van der Waals surface area contributed by atoms with Gasteiger partial charge in [-0.3, -0.25) is 9.59 Å². The van der Waals surface area contributed by atoms with E-state index >= 15 is 0 Å². The normalized spacial score (nSPS) is 19.8. The Balaban J connectivity index is 1.85. The molecule has 1 aromatic carbocycles. The number of Topliss-reactive ketones (excluding diaryl/α,β-unsaturated/α-hetero) is 1. The number of hydrogen-bond acceptors (Lipinski definition) is 4. The van der Waals surface area contributed by atoms with Crippen LogP contribution in [0.2, 0.25) is 0 Å². The standard InChI is InChI=1S/C15H15FN2O4S/c1-18(10-4-5-23(21,22)8-10)15(20)14(19)12-7-17-13-6-9(16)2-3-11(12)13/h2-3,6-7,10,17H,4-5,8H2,1H3. The molecule has 2 aromatic rings. The molecular formula is C15H15FN2O4S. The average Bonchev–Trinajstić information content (AvgIpc) is 3.07. The highest BCUT2D eigenvalue weighted by Crippen LogP contribution is 2.22. The lowest BCUT2D eigenvalue weighted by Crippen LogP contribution is -2.41. The second kappa shape index (κ2) is 5.45. The zero-order valence-corrected chi connectivity index (χ0v) is 13.2. The van der Waals surface area contributed by atoms with Crippen molar-refractivity contribution in [3.63, 3.8) is 0 Å². The van der Waals surface area contributed by atoms with Gasteiger partial charge in [-0.2, -0.15) is 0 Å². The van der Waals surface area contributed by atoms with E-state index in [0.29, 0.717) is 17.3 Å². The van der Waals surface area contributed by atoms with Crippen LogP contribution in [0.1, 0.15) is 16.8 Å². The molecule has 1 aromatic heterocycles. The first-order chi connectivity index (χ1) is 10.8. The van der Waals surface area contributed by atoms with Gasteiger partial charge >= 0.3 is 0 Å². The van der Waals surface area contributed by atoms with Crippen LogP contribution in [0.25, 0.3) is 10.9 Å². The van der Waals surface area contributed by atoms with Crippen molar-refractivity contribution >= 4 is 32.4 Å². The first-order valence-corrected chi connectivity index (χ1v) is 8.89. The molecule has 122 valence electrons. The van der Waals surface area contributed by atoms with E-state index in [1.807, 2.05) is 0 Å². The van der Waals surface area contributed by atoms with Crippen molar-refractivity contribution in [3.8, 4) is 0 Å². The van der Waals surface area contributed by atoms with E-state index in [1.165, 1.54) is 36.3 Å². The summed E-state index contributed by atoms with van der Waals surface area (Å²) in [4.78, 5) is 28.7. The Labute approximate surface area is 132 Å². The number of ketones is 1. The Morgan fingerprint density at radius 3 is 2.74 bits per heavy atom. The maximum atomic E-state index is 13.2. The van der Waals surface area contributed by atoms with Crippen molar-refractivity contribution in [1.29, 1.82) is 0 Å². The summed E-state index contributed by atoms with van der Waals surface area (Å²) in [7, 11) is -1.72. The molecule has 3 rings (SSSR count). The second-order valence-electron chi connectivity index (χ2n) is 5.69. The first-order valence-electron chi connectivity index (χ1n) is 7.07. The van der Waals surface area contributed by atoms with Gasteiger partial charge in [0.05, 0.1) is 17.1 Å². The summed E-state index contributed by atoms with van der Waals surface area (Å²) < 4.78 is 36.2. The van der Waals surface area contributed by atoms with Crippen LogP contribution in [0.4, 0.5) is 4.39 Å². The van der Waals surface area contributed by atoms with E-state index in [1.54, 1.807) is 0 Å². The van der Waals surface area contributed by atoms with Crippen LogP contribution < -0.4 is 0 Å². The molecular weight excluding hydrogens is 323 g/mol. The lowest BCUT2D eigenvalue weighted by Gasteiger charge is -2.22. The van der Waals surface area contributed by atoms with Crippen molar-refractivity contribution < 1.29 is 22.4 Å². The predicted octanol–water partition coefficient (Wildman–Crippen LogP) is 1.14. The fourth-order valence-electron chi connectivity index (χ4n) is 2.81. The molecule has 0 spiro atoms. The molecule has 1 fully saturated rings. The summed E-state index contributed by atoms with van der Waals surface area (Å²) >= 11 is 0. The average molecular weight is 338 g/mol. The number of carbonyl (C=O) groups is 2. The Kier molecular flexibility index (Phi) is 3.71. The third-order valence-corrected chi connectivity index (χ3v) is 5.91. The number of halogens is 1. The maximum absolute atomic E-state index is 13.2. The molecule has 0 radical (unpaired) electrons.